The molecule has 3 rings (SSSR count). The second kappa shape index (κ2) is 12.1. The minimum absolute atomic E-state index is 0.0574. The SMILES string of the molecule is Cc1nc(N2CCN(C(=O)OC(C)(C)C)CC2)ncc1C(=O)N(CC(=O)O)Cc1ccccc1OC(C)C. The van der Waals surface area contributed by atoms with Crippen LogP contribution >= 0.6 is 0 Å². The van der Waals surface area contributed by atoms with Crippen molar-refractivity contribution in [2.24, 2.45) is 0 Å². The van der Waals surface area contributed by atoms with E-state index in [0.717, 1.165) is 0 Å². The van der Waals surface area contributed by atoms with Crippen molar-refractivity contribution >= 4 is 23.9 Å². The summed E-state index contributed by atoms with van der Waals surface area (Å²) in [5.41, 5.74) is 0.810. The summed E-state index contributed by atoms with van der Waals surface area (Å²) in [4.78, 5) is 51.1. The Balaban J connectivity index is 1.73. The normalized spacial score (nSPS) is 13.9. The molecule has 0 aliphatic carbocycles. The van der Waals surface area contributed by atoms with E-state index < -0.39 is 24.0 Å². The first-order valence-electron chi connectivity index (χ1n) is 12.7. The van der Waals surface area contributed by atoms with Crippen LogP contribution in [0.25, 0.3) is 0 Å². The standard InChI is InChI=1S/C27H37N5O6/c1-18(2)37-22-10-8-7-9-20(22)16-32(17-23(33)34)24(35)21-15-28-25(29-19(21)3)30-11-13-31(14-12-30)26(36)38-27(4,5)6/h7-10,15,18H,11-14,16-17H2,1-6H3,(H,33,34). The number of amides is 2. The number of hydrogen-bond acceptors (Lipinski definition) is 8. The van der Waals surface area contributed by atoms with Crippen molar-refractivity contribution in [3.05, 3.63) is 47.3 Å². The van der Waals surface area contributed by atoms with E-state index in [-0.39, 0.29) is 24.3 Å². The average molecular weight is 528 g/mol. The Morgan fingerprint density at radius 3 is 2.34 bits per heavy atom. The van der Waals surface area contributed by atoms with E-state index in [4.69, 9.17) is 9.47 Å². The number of carbonyl (C=O) groups excluding carboxylic acids is 2. The predicted molar refractivity (Wildman–Crippen MR) is 141 cm³/mol. The zero-order valence-electron chi connectivity index (χ0n) is 22.9. The number of carboxylic acids is 1. The molecule has 1 aromatic carbocycles. The van der Waals surface area contributed by atoms with Gasteiger partial charge in [0, 0.05) is 37.9 Å². The van der Waals surface area contributed by atoms with E-state index in [9.17, 15) is 19.5 Å². The molecule has 0 unspecified atom stereocenters. The smallest absolute Gasteiger partial charge is 0.410 e. The minimum Gasteiger partial charge on any atom is -0.491 e. The van der Waals surface area contributed by atoms with Crippen molar-refractivity contribution < 1.29 is 29.0 Å². The molecular formula is C27H37N5O6. The summed E-state index contributed by atoms with van der Waals surface area (Å²) in [5, 5.41) is 9.48. The molecule has 11 nitrogen and oxygen atoms in total. The zero-order valence-corrected chi connectivity index (χ0v) is 22.9. The number of aromatic nitrogens is 2. The fraction of sp³-hybridized carbons (Fsp3) is 0.519. The van der Waals surface area contributed by atoms with E-state index in [2.05, 4.69) is 9.97 Å². The van der Waals surface area contributed by atoms with Crippen LogP contribution in [-0.4, -0.2) is 87.3 Å². The first kappa shape index (κ1) is 28.7. The molecule has 0 atom stereocenters. The van der Waals surface area contributed by atoms with Crippen LogP contribution in [0, 0.1) is 6.92 Å². The van der Waals surface area contributed by atoms with Crippen LogP contribution in [0.1, 0.15) is 56.2 Å². The lowest BCUT2D eigenvalue weighted by molar-refractivity contribution is -0.137. The fourth-order valence-electron chi connectivity index (χ4n) is 3.97. The summed E-state index contributed by atoms with van der Waals surface area (Å²) in [6.07, 6.45) is 1.01. The number of carboxylic acid groups (broad SMARTS) is 1. The molecule has 38 heavy (non-hydrogen) atoms. The number of rotatable bonds is 8. The maximum Gasteiger partial charge on any atom is 0.410 e. The molecule has 1 saturated heterocycles. The Hall–Kier alpha value is -3.89. The van der Waals surface area contributed by atoms with Gasteiger partial charge in [-0.25, -0.2) is 14.8 Å². The van der Waals surface area contributed by atoms with Gasteiger partial charge in [0.2, 0.25) is 5.95 Å². The van der Waals surface area contributed by atoms with Gasteiger partial charge in [-0.2, -0.15) is 0 Å². The van der Waals surface area contributed by atoms with Gasteiger partial charge >= 0.3 is 12.1 Å². The molecule has 0 saturated carbocycles. The largest absolute Gasteiger partial charge is 0.491 e. The molecule has 0 radical (unpaired) electrons. The Bertz CT molecular complexity index is 1150. The van der Waals surface area contributed by atoms with E-state index in [0.29, 0.717) is 49.1 Å². The van der Waals surface area contributed by atoms with Crippen molar-refractivity contribution in [3.8, 4) is 5.75 Å². The maximum atomic E-state index is 13.4. The molecule has 11 heteroatoms. The number of para-hydroxylation sites is 1. The molecule has 2 aromatic rings. The van der Waals surface area contributed by atoms with Crippen LogP contribution in [0.2, 0.25) is 0 Å². The molecule has 0 bridgehead atoms. The summed E-state index contributed by atoms with van der Waals surface area (Å²) in [5.74, 6) is -0.563. The molecule has 2 heterocycles. The first-order chi connectivity index (χ1) is 17.8. The third-order valence-corrected chi connectivity index (χ3v) is 5.72. The van der Waals surface area contributed by atoms with Crippen molar-refractivity contribution in [2.45, 2.75) is 59.8 Å². The Kier molecular flexibility index (Phi) is 9.13. The van der Waals surface area contributed by atoms with Gasteiger partial charge in [0.05, 0.1) is 23.9 Å². The number of aliphatic carboxylic acids is 1. The number of carbonyl (C=O) groups is 3. The van der Waals surface area contributed by atoms with Gasteiger partial charge in [0.25, 0.3) is 5.91 Å². The summed E-state index contributed by atoms with van der Waals surface area (Å²) in [7, 11) is 0. The number of ether oxygens (including phenoxy) is 2. The van der Waals surface area contributed by atoms with E-state index >= 15 is 0 Å². The number of nitrogens with zero attached hydrogens (tertiary/aromatic N) is 5. The fourth-order valence-corrected chi connectivity index (χ4v) is 3.97. The monoisotopic (exact) mass is 527 g/mol. The third-order valence-electron chi connectivity index (χ3n) is 5.72. The molecule has 1 fully saturated rings. The number of hydrogen-bond donors (Lipinski definition) is 1. The molecule has 1 aliphatic heterocycles. The molecular weight excluding hydrogens is 490 g/mol. The highest BCUT2D eigenvalue weighted by atomic mass is 16.6. The van der Waals surface area contributed by atoms with Gasteiger partial charge in [-0.05, 0) is 47.6 Å². The summed E-state index contributed by atoms with van der Waals surface area (Å²) in [6.45, 7) is 12.5. The van der Waals surface area contributed by atoms with Crippen LogP contribution in [0.5, 0.6) is 5.75 Å². The highest BCUT2D eigenvalue weighted by molar-refractivity contribution is 5.96. The topological polar surface area (TPSA) is 125 Å². The van der Waals surface area contributed by atoms with Gasteiger partial charge in [-0.1, -0.05) is 18.2 Å². The molecule has 1 N–H and O–H groups in total. The second-order valence-corrected chi connectivity index (χ2v) is 10.5. The number of piperazine rings is 1. The molecule has 1 aliphatic rings. The summed E-state index contributed by atoms with van der Waals surface area (Å²) in [6, 6.07) is 7.25. The molecule has 0 spiro atoms. The van der Waals surface area contributed by atoms with Gasteiger partial charge in [0.1, 0.15) is 17.9 Å². The lowest BCUT2D eigenvalue weighted by Crippen LogP contribution is -2.50. The van der Waals surface area contributed by atoms with Gasteiger partial charge in [-0.15, -0.1) is 0 Å². The molecule has 1 aromatic heterocycles. The molecule has 206 valence electrons. The Morgan fingerprint density at radius 1 is 1.11 bits per heavy atom. The highest BCUT2D eigenvalue weighted by Crippen LogP contribution is 2.23. The van der Waals surface area contributed by atoms with Crippen LogP contribution < -0.4 is 9.64 Å². The third kappa shape index (κ3) is 7.80. The summed E-state index contributed by atoms with van der Waals surface area (Å²) >= 11 is 0. The Labute approximate surface area is 223 Å². The number of benzene rings is 1. The van der Waals surface area contributed by atoms with E-state index in [1.54, 1.807) is 17.9 Å². The van der Waals surface area contributed by atoms with Crippen LogP contribution in [0.4, 0.5) is 10.7 Å². The maximum absolute atomic E-state index is 13.4. The van der Waals surface area contributed by atoms with E-state index in [1.165, 1.54) is 11.1 Å². The van der Waals surface area contributed by atoms with Crippen LogP contribution in [0.15, 0.2) is 30.5 Å². The minimum atomic E-state index is -1.13. The zero-order chi connectivity index (χ0) is 28.0. The first-order valence-corrected chi connectivity index (χ1v) is 12.7. The van der Waals surface area contributed by atoms with Gasteiger partial charge in [-0.3, -0.25) is 9.59 Å². The van der Waals surface area contributed by atoms with Crippen molar-refractivity contribution in [3.63, 3.8) is 0 Å². The Morgan fingerprint density at radius 2 is 1.76 bits per heavy atom. The van der Waals surface area contributed by atoms with Crippen LogP contribution in [-0.2, 0) is 16.1 Å². The van der Waals surface area contributed by atoms with Crippen molar-refractivity contribution in [2.75, 3.05) is 37.6 Å². The predicted octanol–water partition coefficient (Wildman–Crippen LogP) is 3.36. The van der Waals surface area contributed by atoms with Gasteiger partial charge in [0.15, 0.2) is 0 Å². The second-order valence-electron chi connectivity index (χ2n) is 10.5. The number of aryl methyl sites for hydroxylation is 1. The van der Waals surface area contributed by atoms with Crippen molar-refractivity contribution in [1.29, 1.82) is 0 Å². The lowest BCUT2D eigenvalue weighted by Gasteiger charge is -2.35. The quantitative estimate of drug-likeness (QED) is 0.550. The molecule has 2 amide bonds. The number of anilines is 1. The van der Waals surface area contributed by atoms with Crippen molar-refractivity contribution in [1.82, 2.24) is 19.8 Å². The average Bonchev–Trinajstić information content (AvgIpc) is 2.83. The summed E-state index contributed by atoms with van der Waals surface area (Å²) < 4.78 is 11.3. The van der Waals surface area contributed by atoms with Gasteiger partial charge < -0.3 is 29.3 Å². The highest BCUT2D eigenvalue weighted by Gasteiger charge is 2.28. The lowest BCUT2D eigenvalue weighted by atomic mass is 10.1. The van der Waals surface area contributed by atoms with E-state index in [1.807, 2.05) is 57.7 Å². The van der Waals surface area contributed by atoms with Crippen LogP contribution in [0.3, 0.4) is 0 Å².